The van der Waals surface area contributed by atoms with E-state index in [9.17, 15) is 4.79 Å². The molecule has 0 heterocycles. The third-order valence-electron chi connectivity index (χ3n) is 3.08. The fourth-order valence-corrected chi connectivity index (χ4v) is 2.26. The number of hydrogen-bond donors (Lipinski definition) is 1. The summed E-state index contributed by atoms with van der Waals surface area (Å²) in [6, 6.07) is 12.6. The summed E-state index contributed by atoms with van der Waals surface area (Å²) in [5.41, 5.74) is 1.46. The molecule has 0 radical (unpaired) electrons. The summed E-state index contributed by atoms with van der Waals surface area (Å²) < 4.78 is 10.5. The van der Waals surface area contributed by atoms with Gasteiger partial charge in [0.1, 0.15) is 11.5 Å². The molecule has 0 bridgehead atoms. The van der Waals surface area contributed by atoms with Crippen LogP contribution < -0.4 is 14.8 Å². The lowest BCUT2D eigenvalue weighted by Gasteiger charge is -2.09. The van der Waals surface area contributed by atoms with Gasteiger partial charge in [0.05, 0.1) is 18.7 Å². The average Bonchev–Trinajstić information content (AvgIpc) is 2.53. The van der Waals surface area contributed by atoms with Crippen LogP contribution in [0.4, 0.5) is 0 Å². The number of nitrogens with one attached hydrogen (secondary N) is 1. The van der Waals surface area contributed by atoms with Crippen LogP contribution in [0.2, 0.25) is 5.02 Å². The maximum absolute atomic E-state index is 12.1. The van der Waals surface area contributed by atoms with Crippen molar-refractivity contribution in [2.75, 3.05) is 13.7 Å². The van der Waals surface area contributed by atoms with Gasteiger partial charge < -0.3 is 14.8 Å². The maximum Gasteiger partial charge on any atom is 0.251 e. The maximum atomic E-state index is 12.1. The third-order valence-corrected chi connectivity index (χ3v) is 3.37. The average molecular weight is 320 g/mol. The molecular weight excluding hydrogens is 302 g/mol. The quantitative estimate of drug-likeness (QED) is 0.883. The van der Waals surface area contributed by atoms with Crippen LogP contribution in [0.3, 0.4) is 0 Å². The highest BCUT2D eigenvalue weighted by molar-refractivity contribution is 6.32. The summed E-state index contributed by atoms with van der Waals surface area (Å²) in [5, 5.41) is 3.27. The Morgan fingerprint density at radius 2 is 2.05 bits per heavy atom. The monoisotopic (exact) mass is 319 g/mol. The van der Waals surface area contributed by atoms with E-state index >= 15 is 0 Å². The molecular formula is C17H18ClNO3. The van der Waals surface area contributed by atoms with Gasteiger partial charge in [0, 0.05) is 12.1 Å². The molecule has 0 fully saturated rings. The zero-order valence-electron chi connectivity index (χ0n) is 12.6. The summed E-state index contributed by atoms with van der Waals surface area (Å²) in [5.74, 6) is 1.15. The van der Waals surface area contributed by atoms with E-state index in [1.54, 1.807) is 18.2 Å². The molecule has 2 rings (SSSR count). The number of methoxy groups -OCH3 is 1. The normalized spacial score (nSPS) is 10.1. The second kappa shape index (κ2) is 7.71. The summed E-state index contributed by atoms with van der Waals surface area (Å²) in [6.45, 7) is 2.96. The highest BCUT2D eigenvalue weighted by Gasteiger charge is 2.09. The Bertz CT molecular complexity index is 658. The molecule has 0 saturated heterocycles. The van der Waals surface area contributed by atoms with Crippen LogP contribution in [0.1, 0.15) is 22.8 Å². The van der Waals surface area contributed by atoms with Crippen LogP contribution in [-0.2, 0) is 6.54 Å². The molecule has 0 aromatic heterocycles. The van der Waals surface area contributed by atoms with E-state index in [4.69, 9.17) is 21.1 Å². The van der Waals surface area contributed by atoms with Crippen molar-refractivity contribution in [3.05, 3.63) is 58.6 Å². The minimum absolute atomic E-state index is 0.189. The largest absolute Gasteiger partial charge is 0.495 e. The lowest BCUT2D eigenvalue weighted by atomic mass is 10.2. The first-order valence-electron chi connectivity index (χ1n) is 6.97. The molecule has 0 aliphatic heterocycles. The number of carbonyl (C=O) groups is 1. The van der Waals surface area contributed by atoms with Crippen molar-refractivity contribution in [2.45, 2.75) is 13.5 Å². The first-order chi connectivity index (χ1) is 10.6. The van der Waals surface area contributed by atoms with E-state index in [0.717, 1.165) is 11.3 Å². The van der Waals surface area contributed by atoms with Crippen LogP contribution in [0.5, 0.6) is 11.5 Å². The van der Waals surface area contributed by atoms with Gasteiger partial charge in [-0.25, -0.2) is 0 Å². The van der Waals surface area contributed by atoms with Gasteiger partial charge >= 0.3 is 0 Å². The van der Waals surface area contributed by atoms with Gasteiger partial charge in [0.2, 0.25) is 0 Å². The van der Waals surface area contributed by atoms with Gasteiger partial charge in [-0.2, -0.15) is 0 Å². The van der Waals surface area contributed by atoms with Crippen molar-refractivity contribution in [1.29, 1.82) is 0 Å². The molecule has 0 aliphatic carbocycles. The van der Waals surface area contributed by atoms with Crippen LogP contribution >= 0.6 is 11.6 Å². The molecule has 116 valence electrons. The second-order valence-electron chi connectivity index (χ2n) is 4.61. The molecule has 0 aliphatic rings. The van der Waals surface area contributed by atoms with Crippen LogP contribution in [0.25, 0.3) is 0 Å². The molecule has 2 aromatic carbocycles. The van der Waals surface area contributed by atoms with Crippen LogP contribution in [-0.4, -0.2) is 19.6 Å². The number of hydrogen-bond acceptors (Lipinski definition) is 3. The van der Waals surface area contributed by atoms with E-state index in [0.29, 0.717) is 29.5 Å². The van der Waals surface area contributed by atoms with Gasteiger partial charge in [-0.3, -0.25) is 4.79 Å². The molecule has 0 saturated carbocycles. The summed E-state index contributed by atoms with van der Waals surface area (Å²) >= 11 is 6.02. The van der Waals surface area contributed by atoms with Gasteiger partial charge in [-0.05, 0) is 42.8 Å². The highest BCUT2D eigenvalue weighted by atomic mass is 35.5. The fourth-order valence-electron chi connectivity index (χ4n) is 2.00. The van der Waals surface area contributed by atoms with Crippen molar-refractivity contribution in [3.63, 3.8) is 0 Å². The lowest BCUT2D eigenvalue weighted by molar-refractivity contribution is 0.0951. The van der Waals surface area contributed by atoms with Gasteiger partial charge in [0.25, 0.3) is 5.91 Å². The predicted octanol–water partition coefficient (Wildman–Crippen LogP) is 3.68. The van der Waals surface area contributed by atoms with E-state index in [-0.39, 0.29) is 5.91 Å². The molecule has 5 heteroatoms. The first kappa shape index (κ1) is 16.2. The van der Waals surface area contributed by atoms with Crippen molar-refractivity contribution < 1.29 is 14.3 Å². The molecule has 2 aromatic rings. The van der Waals surface area contributed by atoms with Crippen molar-refractivity contribution in [2.24, 2.45) is 0 Å². The Morgan fingerprint density at radius 1 is 1.23 bits per heavy atom. The topological polar surface area (TPSA) is 47.6 Å². The second-order valence-corrected chi connectivity index (χ2v) is 5.02. The Morgan fingerprint density at radius 3 is 2.73 bits per heavy atom. The minimum atomic E-state index is -0.189. The number of amides is 1. The predicted molar refractivity (Wildman–Crippen MR) is 86.8 cm³/mol. The molecule has 1 amide bonds. The molecule has 0 atom stereocenters. The lowest BCUT2D eigenvalue weighted by Crippen LogP contribution is -2.22. The summed E-state index contributed by atoms with van der Waals surface area (Å²) in [6.07, 6.45) is 0. The Labute approximate surface area is 135 Å². The Hall–Kier alpha value is -2.20. The standard InChI is InChI=1S/C17H18ClNO3/c1-3-22-14-6-4-5-12(9-14)11-19-17(20)13-7-8-16(21-2)15(18)10-13/h4-10H,3,11H2,1-2H3,(H,19,20). The zero-order chi connectivity index (χ0) is 15.9. The minimum Gasteiger partial charge on any atom is -0.495 e. The number of benzene rings is 2. The van der Waals surface area contributed by atoms with Gasteiger partial charge in [-0.1, -0.05) is 23.7 Å². The van der Waals surface area contributed by atoms with Gasteiger partial charge in [-0.15, -0.1) is 0 Å². The SMILES string of the molecule is CCOc1cccc(CNC(=O)c2ccc(OC)c(Cl)c2)c1. The highest BCUT2D eigenvalue weighted by Crippen LogP contribution is 2.24. The fraction of sp³-hybridized carbons (Fsp3) is 0.235. The van der Waals surface area contributed by atoms with E-state index < -0.39 is 0 Å². The van der Waals surface area contributed by atoms with Crippen LogP contribution in [0.15, 0.2) is 42.5 Å². The summed E-state index contributed by atoms with van der Waals surface area (Å²) in [4.78, 5) is 12.1. The third kappa shape index (κ3) is 4.15. The molecule has 1 N–H and O–H groups in total. The number of ether oxygens (including phenoxy) is 2. The number of halogens is 1. The van der Waals surface area contributed by atoms with Crippen molar-refractivity contribution in [1.82, 2.24) is 5.32 Å². The summed E-state index contributed by atoms with van der Waals surface area (Å²) in [7, 11) is 1.53. The molecule has 0 spiro atoms. The molecule has 0 unspecified atom stereocenters. The Balaban J connectivity index is 2.00. The van der Waals surface area contributed by atoms with E-state index in [1.165, 1.54) is 7.11 Å². The molecule has 22 heavy (non-hydrogen) atoms. The number of rotatable bonds is 6. The van der Waals surface area contributed by atoms with Gasteiger partial charge in [0.15, 0.2) is 0 Å². The van der Waals surface area contributed by atoms with Crippen molar-refractivity contribution in [3.8, 4) is 11.5 Å². The van der Waals surface area contributed by atoms with E-state index in [1.807, 2.05) is 31.2 Å². The first-order valence-corrected chi connectivity index (χ1v) is 7.35. The van der Waals surface area contributed by atoms with Crippen LogP contribution in [0, 0.1) is 0 Å². The smallest absolute Gasteiger partial charge is 0.251 e. The van der Waals surface area contributed by atoms with Crippen molar-refractivity contribution >= 4 is 17.5 Å². The molecule has 4 nitrogen and oxygen atoms in total. The number of carbonyl (C=O) groups excluding carboxylic acids is 1. The van der Waals surface area contributed by atoms with E-state index in [2.05, 4.69) is 5.32 Å². The Kier molecular flexibility index (Phi) is 5.67. The zero-order valence-corrected chi connectivity index (χ0v) is 13.3.